The zero-order chi connectivity index (χ0) is 26.2. The summed E-state index contributed by atoms with van der Waals surface area (Å²) in [4.78, 5) is 34.4. The maximum Gasteiger partial charge on any atom is 0.393 e. The molecule has 1 atom stereocenters. The van der Waals surface area contributed by atoms with E-state index in [1.165, 1.54) is 11.2 Å². The lowest BCUT2D eigenvalue weighted by Crippen LogP contribution is -2.35. The van der Waals surface area contributed by atoms with Crippen LogP contribution in [0.15, 0.2) is 54.9 Å². The summed E-state index contributed by atoms with van der Waals surface area (Å²) in [5.74, 6) is -1.01. The Morgan fingerprint density at radius 1 is 0.973 bits per heavy atom. The van der Waals surface area contributed by atoms with Crippen molar-refractivity contribution in [3.05, 3.63) is 60.4 Å². The molecule has 1 unspecified atom stereocenters. The highest BCUT2D eigenvalue weighted by atomic mass is 19.4. The fraction of sp³-hybridized carbons (Fsp3) is 0.333. The van der Waals surface area contributed by atoms with Crippen LogP contribution < -0.4 is 10.6 Å². The summed E-state index contributed by atoms with van der Waals surface area (Å²) in [7, 11) is 0. The molecule has 0 bridgehead atoms. The molecule has 2 N–H and O–H groups in total. The van der Waals surface area contributed by atoms with Crippen molar-refractivity contribution < 1.29 is 22.8 Å². The molecule has 2 heterocycles. The Morgan fingerprint density at radius 3 is 2.49 bits per heavy atom. The van der Waals surface area contributed by atoms with Crippen molar-refractivity contribution in [2.75, 3.05) is 23.7 Å². The molecule has 1 aliphatic carbocycles. The summed E-state index contributed by atoms with van der Waals surface area (Å²) < 4.78 is 39.0. The molecule has 1 saturated carbocycles. The van der Waals surface area contributed by atoms with Gasteiger partial charge >= 0.3 is 12.2 Å². The number of anilines is 2. The van der Waals surface area contributed by atoms with Gasteiger partial charge < -0.3 is 15.5 Å². The average Bonchev–Trinajstić information content (AvgIpc) is 3.60. The third-order valence-electron chi connectivity index (χ3n) is 6.76. The van der Waals surface area contributed by atoms with Crippen LogP contribution in [-0.4, -0.2) is 46.1 Å². The highest BCUT2D eigenvalue weighted by molar-refractivity contribution is 5.93. The Bertz CT molecular complexity index is 1340. The summed E-state index contributed by atoms with van der Waals surface area (Å²) in [6.07, 6.45) is -1.18. The smallest absolute Gasteiger partial charge is 0.324 e. The Labute approximate surface area is 212 Å². The summed E-state index contributed by atoms with van der Waals surface area (Å²) in [5.41, 5.74) is 4.69. The largest absolute Gasteiger partial charge is 0.393 e. The van der Waals surface area contributed by atoms with Gasteiger partial charge in [0.1, 0.15) is 12.1 Å². The Balaban J connectivity index is 1.33. The van der Waals surface area contributed by atoms with E-state index in [1.54, 1.807) is 12.1 Å². The van der Waals surface area contributed by atoms with Crippen molar-refractivity contribution in [3.8, 4) is 22.4 Å². The SMILES string of the molecule is Cc1ccc(NC(=O)N2CCC(C(F)(F)F)C2)cc1-c1cccc(-c2cc(NC(=O)C3CC3)ncn2)c1. The van der Waals surface area contributed by atoms with Gasteiger partial charge in [-0.15, -0.1) is 0 Å². The maximum atomic E-state index is 13.0. The number of carbonyl (C=O) groups is 2. The fourth-order valence-corrected chi connectivity index (χ4v) is 4.43. The van der Waals surface area contributed by atoms with Crippen molar-refractivity contribution in [1.29, 1.82) is 0 Å². The average molecular weight is 510 g/mol. The number of likely N-dealkylation sites (tertiary alicyclic amines) is 1. The van der Waals surface area contributed by atoms with Gasteiger partial charge in [0, 0.05) is 36.3 Å². The lowest BCUT2D eigenvalue weighted by molar-refractivity contribution is -0.169. The van der Waals surface area contributed by atoms with Crippen LogP contribution in [0, 0.1) is 18.8 Å². The lowest BCUT2D eigenvalue weighted by Gasteiger charge is -2.19. The van der Waals surface area contributed by atoms with Gasteiger partial charge in [0.2, 0.25) is 5.91 Å². The normalized spacial score (nSPS) is 17.5. The van der Waals surface area contributed by atoms with Crippen LogP contribution in [0.3, 0.4) is 0 Å². The lowest BCUT2D eigenvalue weighted by atomic mass is 9.97. The quantitative estimate of drug-likeness (QED) is 0.450. The minimum Gasteiger partial charge on any atom is -0.324 e. The van der Waals surface area contributed by atoms with Crippen molar-refractivity contribution >= 4 is 23.4 Å². The molecule has 2 aromatic carbocycles. The molecule has 0 spiro atoms. The molecule has 37 heavy (non-hydrogen) atoms. The van der Waals surface area contributed by atoms with E-state index < -0.39 is 18.1 Å². The molecular weight excluding hydrogens is 483 g/mol. The zero-order valence-corrected chi connectivity index (χ0v) is 20.2. The second-order valence-corrected chi connectivity index (χ2v) is 9.57. The molecule has 2 aliphatic rings. The number of nitrogens with one attached hydrogen (secondary N) is 2. The second-order valence-electron chi connectivity index (χ2n) is 9.57. The van der Waals surface area contributed by atoms with Crippen LogP contribution in [0.1, 0.15) is 24.8 Å². The van der Waals surface area contributed by atoms with Gasteiger partial charge in [-0.25, -0.2) is 14.8 Å². The highest BCUT2D eigenvalue weighted by Crippen LogP contribution is 2.34. The molecule has 2 fully saturated rings. The molecule has 10 heteroatoms. The molecular formula is C27H26F3N5O2. The first-order valence-corrected chi connectivity index (χ1v) is 12.1. The van der Waals surface area contributed by atoms with Gasteiger partial charge in [-0.3, -0.25) is 4.79 Å². The van der Waals surface area contributed by atoms with E-state index in [4.69, 9.17) is 0 Å². The number of nitrogens with zero attached hydrogens (tertiary/aromatic N) is 3. The monoisotopic (exact) mass is 509 g/mol. The third-order valence-corrected chi connectivity index (χ3v) is 6.76. The predicted octanol–water partition coefficient (Wildman–Crippen LogP) is 5.88. The topological polar surface area (TPSA) is 87.2 Å². The first-order valence-electron chi connectivity index (χ1n) is 12.1. The molecule has 7 nitrogen and oxygen atoms in total. The summed E-state index contributed by atoms with van der Waals surface area (Å²) in [6.45, 7) is 1.68. The van der Waals surface area contributed by atoms with Gasteiger partial charge in [0.15, 0.2) is 0 Å². The number of carbonyl (C=O) groups excluding carboxylic acids is 2. The van der Waals surface area contributed by atoms with E-state index in [1.807, 2.05) is 43.3 Å². The Hall–Kier alpha value is -3.95. The number of hydrogen-bond donors (Lipinski definition) is 2. The number of hydrogen-bond acceptors (Lipinski definition) is 4. The van der Waals surface area contributed by atoms with E-state index >= 15 is 0 Å². The van der Waals surface area contributed by atoms with E-state index in [9.17, 15) is 22.8 Å². The van der Waals surface area contributed by atoms with Gasteiger partial charge in [-0.1, -0.05) is 24.3 Å². The van der Waals surface area contributed by atoms with Crippen LogP contribution in [0.25, 0.3) is 22.4 Å². The van der Waals surface area contributed by atoms with Crippen molar-refractivity contribution in [2.24, 2.45) is 11.8 Å². The van der Waals surface area contributed by atoms with E-state index in [-0.39, 0.29) is 31.3 Å². The first-order chi connectivity index (χ1) is 17.7. The van der Waals surface area contributed by atoms with Crippen LogP contribution in [0.5, 0.6) is 0 Å². The second kappa shape index (κ2) is 9.84. The Morgan fingerprint density at radius 2 is 1.76 bits per heavy atom. The van der Waals surface area contributed by atoms with Gasteiger partial charge in [-0.05, 0) is 61.1 Å². The molecule has 1 aliphatic heterocycles. The number of benzene rings is 2. The van der Waals surface area contributed by atoms with Crippen LogP contribution in [-0.2, 0) is 4.79 Å². The minimum absolute atomic E-state index is 0.0317. The third kappa shape index (κ3) is 5.73. The molecule has 3 aromatic rings. The number of halogens is 3. The maximum absolute atomic E-state index is 13.0. The van der Waals surface area contributed by atoms with Gasteiger partial charge in [0.25, 0.3) is 0 Å². The molecule has 5 rings (SSSR count). The first kappa shape index (κ1) is 24.7. The van der Waals surface area contributed by atoms with E-state index in [0.717, 1.165) is 35.1 Å². The fourth-order valence-electron chi connectivity index (χ4n) is 4.43. The van der Waals surface area contributed by atoms with Gasteiger partial charge in [0.05, 0.1) is 11.6 Å². The number of aryl methyl sites for hydroxylation is 1. The van der Waals surface area contributed by atoms with Crippen molar-refractivity contribution in [3.63, 3.8) is 0 Å². The Kier molecular flexibility index (Phi) is 6.57. The molecule has 1 saturated heterocycles. The number of amides is 3. The highest BCUT2D eigenvalue weighted by Gasteiger charge is 2.44. The minimum atomic E-state index is -4.30. The number of urea groups is 1. The van der Waals surface area contributed by atoms with E-state index in [0.29, 0.717) is 17.2 Å². The van der Waals surface area contributed by atoms with Gasteiger partial charge in [-0.2, -0.15) is 13.2 Å². The molecule has 3 amide bonds. The van der Waals surface area contributed by atoms with Crippen LogP contribution >= 0.6 is 0 Å². The molecule has 1 aromatic heterocycles. The van der Waals surface area contributed by atoms with Crippen LogP contribution in [0.4, 0.5) is 29.5 Å². The zero-order valence-electron chi connectivity index (χ0n) is 20.2. The summed E-state index contributed by atoms with van der Waals surface area (Å²) in [5, 5.41) is 5.57. The van der Waals surface area contributed by atoms with E-state index in [2.05, 4.69) is 20.6 Å². The predicted molar refractivity (Wildman–Crippen MR) is 134 cm³/mol. The number of alkyl halides is 3. The van der Waals surface area contributed by atoms with Crippen molar-refractivity contribution in [2.45, 2.75) is 32.4 Å². The molecule has 0 radical (unpaired) electrons. The van der Waals surface area contributed by atoms with Crippen LogP contribution in [0.2, 0.25) is 0 Å². The van der Waals surface area contributed by atoms with Crippen molar-refractivity contribution in [1.82, 2.24) is 14.9 Å². The summed E-state index contributed by atoms with van der Waals surface area (Å²) in [6, 6.07) is 14.3. The number of aromatic nitrogens is 2. The number of rotatable bonds is 5. The standard InChI is InChI=1S/C27H26F3N5O2/c1-16-5-8-21(33-26(37)35-10-9-20(14-35)27(28,29)30)12-22(16)18-3-2-4-19(11-18)23-13-24(32-15-31-23)34-25(36)17-6-7-17/h2-5,8,11-13,15,17,20H,6-7,9-10,14H2,1H3,(H,33,37)(H,31,32,34,36). The summed E-state index contributed by atoms with van der Waals surface area (Å²) >= 11 is 0. The molecule has 192 valence electrons.